The fourth-order valence-electron chi connectivity index (χ4n) is 3.30. The highest BCUT2D eigenvalue weighted by Gasteiger charge is 2.19. The summed E-state index contributed by atoms with van der Waals surface area (Å²) < 4.78 is 0. The summed E-state index contributed by atoms with van der Waals surface area (Å²) in [5.74, 6) is 0.296. The molecular formula is C21H19ClN4O2. The van der Waals surface area contributed by atoms with E-state index < -0.39 is 0 Å². The molecule has 2 heterocycles. The van der Waals surface area contributed by atoms with Gasteiger partial charge in [0.15, 0.2) is 0 Å². The molecule has 0 aliphatic rings. The summed E-state index contributed by atoms with van der Waals surface area (Å²) in [6, 6.07) is 14.5. The fraction of sp³-hybridized carbons (Fsp3) is 0.190. The second-order valence-electron chi connectivity index (χ2n) is 6.67. The van der Waals surface area contributed by atoms with Gasteiger partial charge in [-0.25, -0.2) is 4.98 Å². The molecule has 0 fully saturated rings. The van der Waals surface area contributed by atoms with Crippen LogP contribution in [0.5, 0.6) is 0 Å². The van der Waals surface area contributed by atoms with Crippen molar-refractivity contribution in [3.05, 3.63) is 75.4 Å². The monoisotopic (exact) mass is 394 g/mol. The summed E-state index contributed by atoms with van der Waals surface area (Å²) in [5, 5.41) is 1.96. The topological polar surface area (TPSA) is 81.8 Å². The lowest BCUT2D eigenvalue weighted by Crippen LogP contribution is -2.33. The quantitative estimate of drug-likeness (QED) is 0.534. The molecule has 0 atom stereocenters. The van der Waals surface area contributed by atoms with Crippen LogP contribution in [0, 0.1) is 0 Å². The van der Waals surface area contributed by atoms with Crippen LogP contribution in [0.2, 0.25) is 5.02 Å². The van der Waals surface area contributed by atoms with Crippen LogP contribution in [0.4, 0.5) is 0 Å². The van der Waals surface area contributed by atoms with Gasteiger partial charge >= 0.3 is 0 Å². The standard InChI is InChI=1S/C21H19ClN4O2/c1-2-9-26(21(28)18-10-13-5-3-4-6-16(13)23-18)12-19-24-17-11-14(22)7-8-15(17)20(27)25-19/h3-8,10-11,23H,2,9,12H2,1H3,(H,24,25,27). The van der Waals surface area contributed by atoms with Crippen LogP contribution in [0.1, 0.15) is 29.7 Å². The number of carbonyl (C=O) groups is 1. The lowest BCUT2D eigenvalue weighted by molar-refractivity contribution is 0.0734. The zero-order valence-electron chi connectivity index (χ0n) is 15.3. The Morgan fingerprint density at radius 2 is 1.96 bits per heavy atom. The fourth-order valence-corrected chi connectivity index (χ4v) is 3.46. The maximum atomic E-state index is 13.1. The van der Waals surface area contributed by atoms with Gasteiger partial charge < -0.3 is 14.9 Å². The third-order valence-electron chi connectivity index (χ3n) is 4.60. The van der Waals surface area contributed by atoms with Crippen LogP contribution >= 0.6 is 11.6 Å². The number of benzene rings is 2. The van der Waals surface area contributed by atoms with Crippen molar-refractivity contribution in [2.75, 3.05) is 6.54 Å². The minimum atomic E-state index is -0.244. The van der Waals surface area contributed by atoms with Gasteiger partial charge in [-0.2, -0.15) is 0 Å². The van der Waals surface area contributed by atoms with Crippen molar-refractivity contribution in [1.82, 2.24) is 19.9 Å². The number of para-hydroxylation sites is 1. The summed E-state index contributed by atoms with van der Waals surface area (Å²) in [6.07, 6.45) is 0.787. The maximum absolute atomic E-state index is 13.1. The SMILES string of the molecule is CCCN(Cc1nc2cc(Cl)ccc2c(=O)[nH]1)C(=O)c1cc2ccccc2[nH]1. The van der Waals surface area contributed by atoms with Crippen molar-refractivity contribution in [3.63, 3.8) is 0 Å². The predicted octanol–water partition coefficient (Wildman–Crippen LogP) is 4.11. The van der Waals surface area contributed by atoms with E-state index in [-0.39, 0.29) is 18.0 Å². The normalized spacial score (nSPS) is 11.2. The van der Waals surface area contributed by atoms with E-state index in [0.29, 0.717) is 34.0 Å². The number of rotatable bonds is 5. The molecule has 1 amide bonds. The van der Waals surface area contributed by atoms with E-state index in [1.807, 2.05) is 37.3 Å². The summed E-state index contributed by atoms with van der Waals surface area (Å²) in [4.78, 5) is 37.5. The van der Waals surface area contributed by atoms with E-state index in [2.05, 4.69) is 15.0 Å². The molecule has 2 aromatic carbocycles. The average Bonchev–Trinajstić information content (AvgIpc) is 3.11. The van der Waals surface area contributed by atoms with Crippen molar-refractivity contribution in [2.45, 2.75) is 19.9 Å². The number of nitrogens with one attached hydrogen (secondary N) is 2. The number of halogens is 1. The molecule has 6 nitrogen and oxygen atoms in total. The molecule has 4 aromatic rings. The Balaban J connectivity index is 1.67. The number of fused-ring (bicyclic) bond motifs is 2. The second kappa shape index (κ2) is 7.48. The molecule has 0 aliphatic heterocycles. The molecule has 28 heavy (non-hydrogen) atoms. The maximum Gasteiger partial charge on any atom is 0.270 e. The van der Waals surface area contributed by atoms with Gasteiger partial charge in [0.05, 0.1) is 17.4 Å². The van der Waals surface area contributed by atoms with Crippen molar-refractivity contribution in [2.24, 2.45) is 0 Å². The molecular weight excluding hydrogens is 376 g/mol. The van der Waals surface area contributed by atoms with Crippen LogP contribution < -0.4 is 5.56 Å². The second-order valence-corrected chi connectivity index (χ2v) is 7.11. The minimum absolute atomic E-state index is 0.133. The number of H-pyrrole nitrogens is 2. The van der Waals surface area contributed by atoms with E-state index in [1.54, 1.807) is 23.1 Å². The first-order valence-corrected chi connectivity index (χ1v) is 9.48. The van der Waals surface area contributed by atoms with Crippen LogP contribution in [-0.2, 0) is 6.54 Å². The highest BCUT2D eigenvalue weighted by molar-refractivity contribution is 6.31. The third-order valence-corrected chi connectivity index (χ3v) is 4.83. The summed E-state index contributed by atoms with van der Waals surface area (Å²) >= 11 is 6.03. The van der Waals surface area contributed by atoms with Gasteiger partial charge in [0, 0.05) is 22.5 Å². The molecule has 7 heteroatoms. The van der Waals surface area contributed by atoms with Gasteiger partial charge in [0.2, 0.25) is 0 Å². The Bertz CT molecular complexity index is 1200. The number of carbonyl (C=O) groups excluding carboxylic acids is 1. The third kappa shape index (κ3) is 3.51. The van der Waals surface area contributed by atoms with Crippen molar-refractivity contribution in [1.29, 1.82) is 0 Å². The minimum Gasteiger partial charge on any atom is -0.351 e. The lowest BCUT2D eigenvalue weighted by Gasteiger charge is -2.21. The van der Waals surface area contributed by atoms with Crippen LogP contribution in [0.3, 0.4) is 0 Å². The molecule has 142 valence electrons. The molecule has 4 rings (SSSR count). The molecule has 0 bridgehead atoms. The summed E-state index contributed by atoms with van der Waals surface area (Å²) in [6.45, 7) is 2.76. The number of hydrogen-bond donors (Lipinski definition) is 2. The first-order valence-electron chi connectivity index (χ1n) is 9.10. The van der Waals surface area contributed by atoms with Crippen molar-refractivity contribution in [3.8, 4) is 0 Å². The number of aromatic nitrogens is 3. The number of hydrogen-bond acceptors (Lipinski definition) is 3. The van der Waals surface area contributed by atoms with Gasteiger partial charge in [-0.05, 0) is 36.8 Å². The number of nitrogens with zero attached hydrogens (tertiary/aromatic N) is 2. The largest absolute Gasteiger partial charge is 0.351 e. The molecule has 0 radical (unpaired) electrons. The molecule has 0 unspecified atom stereocenters. The van der Waals surface area contributed by atoms with Crippen molar-refractivity contribution < 1.29 is 4.79 Å². The van der Waals surface area contributed by atoms with E-state index in [9.17, 15) is 9.59 Å². The Morgan fingerprint density at radius 3 is 2.75 bits per heavy atom. The molecule has 2 N–H and O–H groups in total. The lowest BCUT2D eigenvalue weighted by atomic mass is 10.2. The first-order chi connectivity index (χ1) is 13.5. The van der Waals surface area contributed by atoms with E-state index >= 15 is 0 Å². The van der Waals surface area contributed by atoms with Gasteiger partial charge in [-0.3, -0.25) is 9.59 Å². The highest BCUT2D eigenvalue weighted by atomic mass is 35.5. The first kappa shape index (κ1) is 18.3. The zero-order chi connectivity index (χ0) is 19.7. The smallest absolute Gasteiger partial charge is 0.270 e. The number of amides is 1. The molecule has 0 saturated heterocycles. The zero-order valence-corrected chi connectivity index (χ0v) is 16.1. The summed E-state index contributed by atoms with van der Waals surface area (Å²) in [5.41, 5.74) is 1.70. The van der Waals surface area contributed by atoms with Gasteiger partial charge in [-0.15, -0.1) is 0 Å². The Morgan fingerprint density at radius 1 is 1.14 bits per heavy atom. The molecule has 0 saturated carbocycles. The van der Waals surface area contributed by atoms with E-state index in [0.717, 1.165) is 17.3 Å². The molecule has 0 aliphatic carbocycles. The molecule has 0 spiro atoms. The summed E-state index contributed by atoms with van der Waals surface area (Å²) in [7, 11) is 0. The molecule has 2 aromatic heterocycles. The van der Waals surface area contributed by atoms with E-state index in [1.165, 1.54) is 0 Å². The Kier molecular flexibility index (Phi) is 4.88. The Hall–Kier alpha value is -3.12. The van der Waals surface area contributed by atoms with Gasteiger partial charge in [-0.1, -0.05) is 36.7 Å². The Labute approximate surface area is 166 Å². The van der Waals surface area contributed by atoms with Gasteiger partial charge in [0.25, 0.3) is 11.5 Å². The van der Waals surface area contributed by atoms with Crippen LogP contribution in [0.25, 0.3) is 21.8 Å². The van der Waals surface area contributed by atoms with E-state index in [4.69, 9.17) is 11.6 Å². The predicted molar refractivity (Wildman–Crippen MR) is 111 cm³/mol. The number of aromatic amines is 2. The average molecular weight is 395 g/mol. The van der Waals surface area contributed by atoms with Gasteiger partial charge in [0.1, 0.15) is 11.5 Å². The van der Waals surface area contributed by atoms with Crippen molar-refractivity contribution >= 4 is 39.3 Å². The van der Waals surface area contributed by atoms with Crippen LogP contribution in [-0.4, -0.2) is 32.3 Å². The highest BCUT2D eigenvalue weighted by Crippen LogP contribution is 2.18. The van der Waals surface area contributed by atoms with Crippen LogP contribution in [0.15, 0.2) is 53.3 Å².